The minimum absolute atomic E-state index is 0.0559. The van der Waals surface area contributed by atoms with Gasteiger partial charge in [-0.1, -0.05) is 59.7 Å². The number of fused-ring (bicyclic) bond motifs is 1. The maximum absolute atomic E-state index is 12.9. The molecular weight excluding hydrogens is 452 g/mol. The predicted molar refractivity (Wildman–Crippen MR) is 143 cm³/mol. The molecule has 0 spiro atoms. The molecule has 1 fully saturated rings. The molecule has 2 aliphatic heterocycles. The molecule has 0 unspecified atom stereocenters. The molecule has 3 N–H and O–H groups in total. The van der Waals surface area contributed by atoms with Gasteiger partial charge in [0.25, 0.3) is 0 Å². The highest BCUT2D eigenvalue weighted by molar-refractivity contribution is 5.98. The third-order valence-electron chi connectivity index (χ3n) is 7.07. The summed E-state index contributed by atoms with van der Waals surface area (Å²) in [6.07, 6.45) is 1.27. The van der Waals surface area contributed by atoms with E-state index < -0.39 is 0 Å². The smallest absolute Gasteiger partial charge is 0.414 e. The topological polar surface area (TPSA) is 87.9 Å². The van der Waals surface area contributed by atoms with Crippen LogP contribution in [0.25, 0.3) is 11.1 Å². The number of anilines is 3. The predicted octanol–water partition coefficient (Wildman–Crippen LogP) is 5.11. The van der Waals surface area contributed by atoms with Gasteiger partial charge in [-0.2, -0.15) is 0 Å². The lowest BCUT2D eigenvalue weighted by Gasteiger charge is -2.40. The van der Waals surface area contributed by atoms with E-state index in [-0.39, 0.29) is 24.6 Å². The van der Waals surface area contributed by atoms with Crippen molar-refractivity contribution in [1.29, 1.82) is 0 Å². The molecule has 1 saturated heterocycles. The summed E-state index contributed by atoms with van der Waals surface area (Å²) in [5, 5.41) is 2.99. The first-order valence-electron chi connectivity index (χ1n) is 12.4. The van der Waals surface area contributed by atoms with Crippen molar-refractivity contribution in [3.05, 3.63) is 77.4 Å². The molecule has 36 heavy (non-hydrogen) atoms. The third-order valence-corrected chi connectivity index (χ3v) is 7.07. The number of nitrogens with zero attached hydrogens (tertiary/aromatic N) is 2. The molecule has 0 radical (unpaired) electrons. The SMILES string of the molecule is Cc1ccc(-c2cccc(NC(=O)CN3CCC(N4C(=O)OCc5cc(C)ccc54)CC3)c2N)cc1. The van der Waals surface area contributed by atoms with Gasteiger partial charge >= 0.3 is 6.09 Å². The maximum atomic E-state index is 12.9. The van der Waals surface area contributed by atoms with Crippen molar-refractivity contribution in [1.82, 2.24) is 4.90 Å². The highest BCUT2D eigenvalue weighted by Gasteiger charge is 2.34. The van der Waals surface area contributed by atoms with Gasteiger partial charge in [0.2, 0.25) is 5.91 Å². The number of nitrogens with two attached hydrogens (primary N) is 1. The number of hydrogen-bond acceptors (Lipinski definition) is 5. The maximum Gasteiger partial charge on any atom is 0.414 e. The molecule has 2 aliphatic rings. The van der Waals surface area contributed by atoms with E-state index in [4.69, 9.17) is 10.5 Å². The molecule has 2 amide bonds. The summed E-state index contributed by atoms with van der Waals surface area (Å²) in [7, 11) is 0. The molecule has 0 saturated carbocycles. The van der Waals surface area contributed by atoms with E-state index in [1.807, 2.05) is 68.4 Å². The molecular formula is C29H32N4O3. The third kappa shape index (κ3) is 4.93. The first-order valence-corrected chi connectivity index (χ1v) is 12.4. The molecule has 0 aliphatic carbocycles. The van der Waals surface area contributed by atoms with E-state index in [9.17, 15) is 9.59 Å². The summed E-state index contributed by atoms with van der Waals surface area (Å²) in [5.74, 6) is -0.0978. The number of carbonyl (C=O) groups is 2. The summed E-state index contributed by atoms with van der Waals surface area (Å²) < 4.78 is 5.44. The van der Waals surface area contributed by atoms with E-state index in [1.54, 1.807) is 4.90 Å². The average molecular weight is 485 g/mol. The Bertz CT molecular complexity index is 1280. The number of aryl methyl sites for hydroxylation is 2. The number of ether oxygens (including phenoxy) is 1. The summed E-state index contributed by atoms with van der Waals surface area (Å²) in [6.45, 7) is 6.13. The standard InChI is InChI=1S/C29H32N4O3/c1-19-6-9-21(10-7-19)24-4-3-5-25(28(24)30)31-27(34)17-32-14-12-23(13-15-32)33-26-11-8-20(2)16-22(26)18-36-29(33)35/h3-11,16,23H,12-15,17-18,30H2,1-2H3,(H,31,34). The van der Waals surface area contributed by atoms with Gasteiger partial charge in [0.15, 0.2) is 0 Å². The number of benzene rings is 3. The van der Waals surface area contributed by atoms with Crippen LogP contribution < -0.4 is 16.0 Å². The van der Waals surface area contributed by atoms with Crippen LogP contribution in [-0.4, -0.2) is 42.6 Å². The van der Waals surface area contributed by atoms with Gasteiger partial charge < -0.3 is 15.8 Å². The quantitative estimate of drug-likeness (QED) is 0.491. The van der Waals surface area contributed by atoms with Crippen LogP contribution in [0.3, 0.4) is 0 Å². The van der Waals surface area contributed by atoms with E-state index in [1.165, 1.54) is 5.56 Å². The Morgan fingerprint density at radius 3 is 2.50 bits per heavy atom. The molecule has 0 bridgehead atoms. The Balaban J connectivity index is 1.20. The summed E-state index contributed by atoms with van der Waals surface area (Å²) in [4.78, 5) is 29.4. The average Bonchev–Trinajstić information content (AvgIpc) is 2.87. The lowest BCUT2D eigenvalue weighted by Crippen LogP contribution is -2.50. The van der Waals surface area contributed by atoms with Gasteiger partial charge in [0.1, 0.15) is 6.61 Å². The molecule has 7 heteroatoms. The van der Waals surface area contributed by atoms with E-state index in [2.05, 4.69) is 16.3 Å². The number of amides is 2. The summed E-state index contributed by atoms with van der Waals surface area (Å²) >= 11 is 0. The number of nitrogens with one attached hydrogen (secondary N) is 1. The van der Waals surface area contributed by atoms with Gasteiger partial charge in [-0.3, -0.25) is 14.6 Å². The molecule has 3 aromatic rings. The Morgan fingerprint density at radius 1 is 1.03 bits per heavy atom. The Hall–Kier alpha value is -3.84. The zero-order valence-corrected chi connectivity index (χ0v) is 20.8. The van der Waals surface area contributed by atoms with Crippen LogP contribution in [0.4, 0.5) is 21.9 Å². The molecule has 186 valence electrons. The fourth-order valence-electron chi connectivity index (χ4n) is 5.11. The molecule has 5 rings (SSSR count). The highest BCUT2D eigenvalue weighted by Crippen LogP contribution is 2.33. The van der Waals surface area contributed by atoms with Crippen molar-refractivity contribution in [2.45, 2.75) is 39.3 Å². The minimum atomic E-state index is -0.286. The molecule has 7 nitrogen and oxygen atoms in total. The van der Waals surface area contributed by atoms with Crippen LogP contribution in [0, 0.1) is 13.8 Å². The Kier molecular flexibility index (Phi) is 6.65. The molecule has 0 atom stereocenters. The van der Waals surface area contributed by atoms with Crippen molar-refractivity contribution < 1.29 is 14.3 Å². The van der Waals surface area contributed by atoms with Crippen molar-refractivity contribution in [2.24, 2.45) is 0 Å². The Morgan fingerprint density at radius 2 is 1.75 bits per heavy atom. The lowest BCUT2D eigenvalue weighted by molar-refractivity contribution is -0.117. The van der Waals surface area contributed by atoms with Gasteiger partial charge in [0.05, 0.1) is 23.6 Å². The summed E-state index contributed by atoms with van der Waals surface area (Å²) in [5.41, 5.74) is 13.8. The molecule has 3 aromatic carbocycles. The van der Waals surface area contributed by atoms with Crippen LogP contribution in [0.1, 0.15) is 29.5 Å². The zero-order chi connectivity index (χ0) is 25.2. The molecule has 0 aromatic heterocycles. The largest absolute Gasteiger partial charge is 0.444 e. The zero-order valence-electron chi connectivity index (χ0n) is 20.8. The van der Waals surface area contributed by atoms with Crippen molar-refractivity contribution in [3.63, 3.8) is 0 Å². The van der Waals surface area contributed by atoms with E-state index >= 15 is 0 Å². The second-order valence-electron chi connectivity index (χ2n) is 9.75. The number of para-hydroxylation sites is 1. The second kappa shape index (κ2) is 10.0. The van der Waals surface area contributed by atoms with Gasteiger partial charge in [-0.25, -0.2) is 4.79 Å². The van der Waals surface area contributed by atoms with Gasteiger partial charge in [0, 0.05) is 30.3 Å². The number of cyclic esters (lactones) is 1. The number of rotatable bonds is 5. The van der Waals surface area contributed by atoms with Crippen LogP contribution >= 0.6 is 0 Å². The number of nitrogen functional groups attached to an aromatic ring is 1. The minimum Gasteiger partial charge on any atom is -0.444 e. The highest BCUT2D eigenvalue weighted by atomic mass is 16.6. The number of likely N-dealkylation sites (tertiary alicyclic amines) is 1. The van der Waals surface area contributed by atoms with E-state index in [0.29, 0.717) is 18.0 Å². The lowest BCUT2D eigenvalue weighted by atomic mass is 10.00. The first kappa shape index (κ1) is 23.9. The number of piperidine rings is 1. The number of carbonyl (C=O) groups excluding carboxylic acids is 2. The van der Waals surface area contributed by atoms with Crippen molar-refractivity contribution in [2.75, 3.05) is 35.6 Å². The van der Waals surface area contributed by atoms with Crippen molar-refractivity contribution >= 4 is 29.1 Å². The Labute approximate surface area is 211 Å². The monoisotopic (exact) mass is 484 g/mol. The fourth-order valence-corrected chi connectivity index (χ4v) is 5.11. The summed E-state index contributed by atoms with van der Waals surface area (Å²) in [6, 6.07) is 20.0. The second-order valence-corrected chi connectivity index (χ2v) is 9.75. The molecule has 2 heterocycles. The fraction of sp³-hybridized carbons (Fsp3) is 0.310. The number of hydrogen-bond donors (Lipinski definition) is 2. The van der Waals surface area contributed by atoms with E-state index in [0.717, 1.165) is 53.9 Å². The van der Waals surface area contributed by atoms with Crippen LogP contribution in [0.15, 0.2) is 60.7 Å². The first-order chi connectivity index (χ1) is 17.4. The van der Waals surface area contributed by atoms with Crippen molar-refractivity contribution in [3.8, 4) is 11.1 Å². The van der Waals surface area contributed by atoms with Gasteiger partial charge in [-0.15, -0.1) is 0 Å². The van der Waals surface area contributed by atoms with Gasteiger partial charge in [-0.05, 0) is 44.4 Å². The van der Waals surface area contributed by atoms with Crippen LogP contribution in [-0.2, 0) is 16.1 Å². The van der Waals surface area contributed by atoms with Crippen LogP contribution in [0.5, 0.6) is 0 Å². The van der Waals surface area contributed by atoms with Crippen LogP contribution in [0.2, 0.25) is 0 Å². The normalized spacial score (nSPS) is 16.4.